The van der Waals surface area contributed by atoms with E-state index < -0.39 is 0 Å². The van der Waals surface area contributed by atoms with Gasteiger partial charge in [0.1, 0.15) is 11.6 Å². The van der Waals surface area contributed by atoms with Crippen molar-refractivity contribution in [2.45, 2.75) is 12.8 Å². The molecule has 4 aromatic rings. The number of hydrogen-bond acceptors (Lipinski definition) is 4. The fraction of sp³-hybridized carbons (Fsp3) is 0.259. The molecule has 2 amide bonds. The number of nitrogens with zero attached hydrogens (tertiary/aromatic N) is 2. The summed E-state index contributed by atoms with van der Waals surface area (Å²) in [5, 5.41) is 2.68. The number of aryl methyl sites for hydroxylation is 1. The van der Waals surface area contributed by atoms with Gasteiger partial charge in [-0.05, 0) is 71.5 Å². The molecule has 6 nitrogen and oxygen atoms in total. The van der Waals surface area contributed by atoms with Gasteiger partial charge in [0.15, 0.2) is 0 Å². The maximum Gasteiger partial charge on any atom is 0.264 e. The average Bonchev–Trinajstić information content (AvgIpc) is 3.55. The summed E-state index contributed by atoms with van der Waals surface area (Å²) in [4.78, 5) is 33.4. The second-order valence-electron chi connectivity index (χ2n) is 8.55. The Bertz CT molecular complexity index is 1340. The SMILES string of the molecule is COc1ccc(-c2[nH]c3ccc(F)cc3c2CCC(=O)N2CCN(C(=O)c3cccs3)CC2)cc1. The van der Waals surface area contributed by atoms with Crippen LogP contribution in [-0.2, 0) is 11.2 Å². The lowest BCUT2D eigenvalue weighted by Gasteiger charge is -2.34. The number of rotatable bonds is 6. The van der Waals surface area contributed by atoms with E-state index in [0.717, 1.165) is 38.4 Å². The molecule has 0 aliphatic carbocycles. The smallest absolute Gasteiger partial charge is 0.264 e. The van der Waals surface area contributed by atoms with Crippen LogP contribution in [0.5, 0.6) is 5.75 Å². The first-order chi connectivity index (χ1) is 17.0. The van der Waals surface area contributed by atoms with E-state index in [4.69, 9.17) is 4.74 Å². The van der Waals surface area contributed by atoms with Crippen molar-refractivity contribution in [3.8, 4) is 17.0 Å². The molecule has 1 aliphatic rings. The van der Waals surface area contributed by atoms with Crippen molar-refractivity contribution in [1.82, 2.24) is 14.8 Å². The summed E-state index contributed by atoms with van der Waals surface area (Å²) < 4.78 is 19.3. The molecule has 2 aromatic carbocycles. The van der Waals surface area contributed by atoms with Gasteiger partial charge < -0.3 is 19.5 Å². The van der Waals surface area contributed by atoms with Crippen LogP contribution in [0.25, 0.3) is 22.2 Å². The molecule has 2 aromatic heterocycles. The van der Waals surface area contributed by atoms with E-state index in [1.54, 1.807) is 18.1 Å². The standard InChI is InChI=1S/C27H26FN3O3S/c1-34-20-7-4-18(5-8-20)26-21(22-17-19(28)6-10-23(22)29-26)9-11-25(32)30-12-14-31(15-13-30)27(33)24-3-2-16-35-24/h2-8,10,16-17,29H,9,11-15H2,1H3. The van der Waals surface area contributed by atoms with Gasteiger partial charge in [-0.2, -0.15) is 0 Å². The Morgan fingerprint density at radius 1 is 1.03 bits per heavy atom. The molecule has 1 N–H and O–H groups in total. The summed E-state index contributed by atoms with van der Waals surface area (Å²) in [5.74, 6) is 0.512. The monoisotopic (exact) mass is 491 g/mol. The predicted octanol–water partition coefficient (Wildman–Crippen LogP) is 4.96. The first-order valence-corrected chi connectivity index (χ1v) is 12.5. The van der Waals surface area contributed by atoms with E-state index in [-0.39, 0.29) is 17.6 Å². The predicted molar refractivity (Wildman–Crippen MR) is 135 cm³/mol. The molecule has 0 atom stereocenters. The van der Waals surface area contributed by atoms with E-state index in [9.17, 15) is 14.0 Å². The van der Waals surface area contributed by atoms with Gasteiger partial charge >= 0.3 is 0 Å². The number of aromatic amines is 1. The van der Waals surface area contributed by atoms with Crippen LogP contribution in [0.1, 0.15) is 21.7 Å². The van der Waals surface area contributed by atoms with Crippen LogP contribution in [0.15, 0.2) is 60.0 Å². The van der Waals surface area contributed by atoms with E-state index in [2.05, 4.69) is 4.98 Å². The zero-order chi connectivity index (χ0) is 24.4. The molecular formula is C27H26FN3O3S. The lowest BCUT2D eigenvalue weighted by molar-refractivity contribution is -0.132. The third-order valence-corrected chi connectivity index (χ3v) is 7.35. The van der Waals surface area contributed by atoms with Crippen LogP contribution < -0.4 is 4.74 Å². The number of aromatic nitrogens is 1. The molecule has 3 heterocycles. The van der Waals surface area contributed by atoms with Crippen LogP contribution in [0.3, 0.4) is 0 Å². The summed E-state index contributed by atoms with van der Waals surface area (Å²) in [5.41, 5.74) is 3.59. The number of nitrogens with one attached hydrogen (secondary N) is 1. The molecule has 0 unspecified atom stereocenters. The van der Waals surface area contributed by atoms with E-state index in [0.29, 0.717) is 39.0 Å². The minimum Gasteiger partial charge on any atom is -0.497 e. The quantitative estimate of drug-likeness (QED) is 0.415. The number of piperazine rings is 1. The Balaban J connectivity index is 1.30. The molecule has 5 rings (SSSR count). The molecule has 0 saturated carbocycles. The first kappa shape index (κ1) is 23.1. The summed E-state index contributed by atoms with van der Waals surface area (Å²) >= 11 is 1.43. The largest absolute Gasteiger partial charge is 0.497 e. The van der Waals surface area contributed by atoms with Gasteiger partial charge in [-0.15, -0.1) is 11.3 Å². The topological polar surface area (TPSA) is 65.6 Å². The number of thiophene rings is 1. The van der Waals surface area contributed by atoms with Crippen LogP contribution in [0, 0.1) is 5.82 Å². The molecule has 0 spiro atoms. The highest BCUT2D eigenvalue weighted by molar-refractivity contribution is 7.12. The number of methoxy groups -OCH3 is 1. The average molecular weight is 492 g/mol. The summed E-state index contributed by atoms with van der Waals surface area (Å²) in [6, 6.07) is 16.1. The lowest BCUT2D eigenvalue weighted by Crippen LogP contribution is -2.50. The van der Waals surface area contributed by atoms with Gasteiger partial charge in [0.05, 0.1) is 12.0 Å². The third kappa shape index (κ3) is 4.79. The van der Waals surface area contributed by atoms with Crippen molar-refractivity contribution in [3.63, 3.8) is 0 Å². The van der Waals surface area contributed by atoms with E-state index in [1.165, 1.54) is 23.5 Å². The van der Waals surface area contributed by atoms with Gasteiger partial charge in [-0.25, -0.2) is 4.39 Å². The minimum absolute atomic E-state index is 0.0250. The minimum atomic E-state index is -0.308. The van der Waals surface area contributed by atoms with Crippen LogP contribution in [0.4, 0.5) is 4.39 Å². The molecule has 1 fully saturated rings. The van der Waals surface area contributed by atoms with Crippen molar-refractivity contribution < 1.29 is 18.7 Å². The second-order valence-corrected chi connectivity index (χ2v) is 9.49. The maximum absolute atomic E-state index is 14.1. The molecule has 1 aliphatic heterocycles. The molecule has 8 heteroatoms. The fourth-order valence-electron chi connectivity index (χ4n) is 4.59. The van der Waals surface area contributed by atoms with Crippen molar-refractivity contribution in [3.05, 3.63) is 76.2 Å². The van der Waals surface area contributed by atoms with E-state index >= 15 is 0 Å². The van der Waals surface area contributed by atoms with Crippen molar-refractivity contribution >= 4 is 34.1 Å². The zero-order valence-electron chi connectivity index (χ0n) is 19.4. The fourth-order valence-corrected chi connectivity index (χ4v) is 5.28. The Labute approximate surface area is 206 Å². The van der Waals surface area contributed by atoms with Crippen LogP contribution >= 0.6 is 11.3 Å². The van der Waals surface area contributed by atoms with Gasteiger partial charge in [-0.3, -0.25) is 9.59 Å². The molecule has 180 valence electrons. The Morgan fingerprint density at radius 3 is 2.46 bits per heavy atom. The number of ether oxygens (including phenoxy) is 1. The maximum atomic E-state index is 14.1. The van der Waals surface area contributed by atoms with Crippen LogP contribution in [-0.4, -0.2) is 59.9 Å². The zero-order valence-corrected chi connectivity index (χ0v) is 20.2. The van der Waals surface area contributed by atoms with Crippen molar-refractivity contribution in [2.24, 2.45) is 0 Å². The third-order valence-electron chi connectivity index (χ3n) is 6.49. The Morgan fingerprint density at radius 2 is 1.77 bits per heavy atom. The molecule has 35 heavy (non-hydrogen) atoms. The Hall–Kier alpha value is -3.65. The van der Waals surface area contributed by atoms with Gasteiger partial charge in [-0.1, -0.05) is 6.07 Å². The number of amides is 2. The van der Waals surface area contributed by atoms with E-state index in [1.807, 2.05) is 46.7 Å². The molecule has 0 radical (unpaired) electrons. The number of benzene rings is 2. The first-order valence-electron chi connectivity index (χ1n) is 11.6. The highest BCUT2D eigenvalue weighted by Crippen LogP contribution is 2.33. The van der Waals surface area contributed by atoms with Gasteiger partial charge in [0.2, 0.25) is 5.91 Å². The highest BCUT2D eigenvalue weighted by Gasteiger charge is 2.25. The highest BCUT2D eigenvalue weighted by atomic mass is 32.1. The van der Waals surface area contributed by atoms with Crippen LogP contribution in [0.2, 0.25) is 0 Å². The Kier molecular flexibility index (Phi) is 6.55. The molecule has 0 bridgehead atoms. The lowest BCUT2D eigenvalue weighted by atomic mass is 10.0. The summed E-state index contributed by atoms with van der Waals surface area (Å²) in [7, 11) is 1.62. The number of fused-ring (bicyclic) bond motifs is 1. The number of carbonyl (C=O) groups excluding carboxylic acids is 2. The van der Waals surface area contributed by atoms with Crippen molar-refractivity contribution in [1.29, 1.82) is 0 Å². The number of carbonyl (C=O) groups is 2. The number of halogens is 1. The number of H-pyrrole nitrogens is 1. The van der Waals surface area contributed by atoms with Gasteiger partial charge in [0.25, 0.3) is 5.91 Å². The second kappa shape index (κ2) is 9.92. The normalized spacial score (nSPS) is 13.9. The molecular weight excluding hydrogens is 465 g/mol. The van der Waals surface area contributed by atoms with Crippen molar-refractivity contribution in [2.75, 3.05) is 33.3 Å². The summed E-state index contributed by atoms with van der Waals surface area (Å²) in [6.45, 7) is 2.09. The molecule has 1 saturated heterocycles. The number of hydrogen-bond donors (Lipinski definition) is 1. The van der Waals surface area contributed by atoms with Gasteiger partial charge in [0, 0.05) is 49.2 Å². The summed E-state index contributed by atoms with van der Waals surface area (Å²) in [6.07, 6.45) is 0.795.